The number of aromatic nitrogens is 2. The van der Waals surface area contributed by atoms with Crippen molar-refractivity contribution in [2.75, 3.05) is 10.6 Å². The zero-order valence-corrected chi connectivity index (χ0v) is 15.2. The molecule has 0 aliphatic rings. The Hall–Kier alpha value is -3.53. The number of halogens is 1. The van der Waals surface area contributed by atoms with Crippen molar-refractivity contribution in [2.24, 2.45) is 0 Å². The number of carboxylic acids is 1. The van der Waals surface area contributed by atoms with Crippen LogP contribution >= 0.6 is 15.9 Å². The summed E-state index contributed by atoms with van der Waals surface area (Å²) in [4.78, 5) is 29.8. The molecule has 0 amide bonds. The molecule has 1 heterocycles. The molecule has 0 spiro atoms. The Morgan fingerprint density at radius 2 is 1.44 bits per heavy atom. The van der Waals surface area contributed by atoms with Crippen LogP contribution in [0, 0.1) is 10.1 Å². The van der Waals surface area contributed by atoms with Gasteiger partial charge in [0.25, 0.3) is 0 Å². The fraction of sp³-hybridized carbons (Fsp3) is 0. The molecular weight excluding hydrogens is 418 g/mol. The minimum Gasteiger partial charge on any atom is -0.478 e. The van der Waals surface area contributed by atoms with Crippen LogP contribution < -0.4 is 10.6 Å². The number of benzene rings is 2. The summed E-state index contributed by atoms with van der Waals surface area (Å²) >= 11 is 3.32. The van der Waals surface area contributed by atoms with Gasteiger partial charge in [0.15, 0.2) is 0 Å². The molecule has 0 aliphatic carbocycles. The maximum absolute atomic E-state index is 11.6. The normalized spacial score (nSPS) is 10.3. The molecule has 0 bridgehead atoms. The summed E-state index contributed by atoms with van der Waals surface area (Å²) in [5.74, 6) is -1.05. The highest BCUT2D eigenvalue weighted by molar-refractivity contribution is 9.10. The molecule has 0 fully saturated rings. The summed E-state index contributed by atoms with van der Waals surface area (Å²) < 4.78 is 0.873. The summed E-state index contributed by atoms with van der Waals surface area (Å²) in [6, 6.07) is 12.8. The molecule has 3 rings (SSSR count). The van der Waals surface area contributed by atoms with Gasteiger partial charge in [0.05, 0.1) is 10.5 Å². The van der Waals surface area contributed by atoms with E-state index in [4.69, 9.17) is 5.11 Å². The number of nitro groups is 1. The number of rotatable bonds is 6. The van der Waals surface area contributed by atoms with E-state index in [2.05, 4.69) is 36.5 Å². The lowest BCUT2D eigenvalue weighted by Gasteiger charge is -2.10. The van der Waals surface area contributed by atoms with Crippen molar-refractivity contribution in [3.8, 4) is 0 Å². The molecule has 136 valence electrons. The highest BCUT2D eigenvalue weighted by Crippen LogP contribution is 2.33. The number of nitrogens with one attached hydrogen (secondary N) is 2. The molecule has 1 aromatic heterocycles. The molecule has 9 nitrogen and oxygen atoms in total. The van der Waals surface area contributed by atoms with Crippen molar-refractivity contribution in [1.82, 2.24) is 9.97 Å². The summed E-state index contributed by atoms with van der Waals surface area (Å²) in [7, 11) is 0. The van der Waals surface area contributed by atoms with E-state index < -0.39 is 10.9 Å². The van der Waals surface area contributed by atoms with E-state index in [9.17, 15) is 14.9 Å². The van der Waals surface area contributed by atoms with E-state index in [1.807, 2.05) is 0 Å². The minimum atomic E-state index is -1.06. The molecule has 2 aromatic carbocycles. The van der Waals surface area contributed by atoms with Gasteiger partial charge in [-0.3, -0.25) is 10.1 Å². The lowest BCUT2D eigenvalue weighted by Crippen LogP contribution is -2.05. The van der Waals surface area contributed by atoms with Gasteiger partial charge in [-0.15, -0.1) is 0 Å². The number of nitrogens with zero attached hydrogens (tertiary/aromatic N) is 3. The monoisotopic (exact) mass is 429 g/mol. The average Bonchev–Trinajstić information content (AvgIpc) is 2.64. The second kappa shape index (κ2) is 7.79. The summed E-state index contributed by atoms with van der Waals surface area (Å²) in [6.07, 6.45) is 1.20. The first-order valence-corrected chi connectivity index (χ1v) is 8.35. The fourth-order valence-electron chi connectivity index (χ4n) is 2.24. The van der Waals surface area contributed by atoms with Gasteiger partial charge in [-0.25, -0.2) is 14.8 Å². The highest BCUT2D eigenvalue weighted by atomic mass is 79.9. The quantitative estimate of drug-likeness (QED) is 0.389. The fourth-order valence-corrected chi connectivity index (χ4v) is 2.50. The van der Waals surface area contributed by atoms with Crippen LogP contribution in [0.3, 0.4) is 0 Å². The molecule has 0 saturated carbocycles. The lowest BCUT2D eigenvalue weighted by atomic mass is 10.2. The van der Waals surface area contributed by atoms with Crippen LogP contribution in [0.4, 0.5) is 28.7 Å². The molecule has 0 radical (unpaired) electrons. The van der Waals surface area contributed by atoms with Crippen LogP contribution in [0.1, 0.15) is 10.4 Å². The van der Waals surface area contributed by atoms with Gasteiger partial charge < -0.3 is 15.7 Å². The number of hydrogen-bond acceptors (Lipinski definition) is 7. The van der Waals surface area contributed by atoms with Crippen LogP contribution in [-0.2, 0) is 0 Å². The van der Waals surface area contributed by atoms with E-state index in [0.29, 0.717) is 11.4 Å². The van der Waals surface area contributed by atoms with Gasteiger partial charge in [0.2, 0.25) is 11.6 Å². The van der Waals surface area contributed by atoms with Crippen LogP contribution in [-0.4, -0.2) is 26.0 Å². The highest BCUT2D eigenvalue weighted by Gasteiger charge is 2.23. The Morgan fingerprint density at radius 3 is 1.89 bits per heavy atom. The van der Waals surface area contributed by atoms with E-state index in [0.717, 1.165) is 4.47 Å². The lowest BCUT2D eigenvalue weighted by molar-refractivity contribution is -0.383. The SMILES string of the molecule is O=C(O)c1ccc(Nc2ncnc(Nc3ccc(Br)cc3)c2[N+](=O)[O-])cc1. The third kappa shape index (κ3) is 4.36. The second-order valence-corrected chi connectivity index (χ2v) is 6.23. The first-order chi connectivity index (χ1) is 12.9. The average molecular weight is 430 g/mol. The first-order valence-electron chi connectivity index (χ1n) is 7.56. The maximum Gasteiger partial charge on any atom is 0.353 e. The Bertz CT molecular complexity index is 993. The van der Waals surface area contributed by atoms with Crippen molar-refractivity contribution in [2.45, 2.75) is 0 Å². The van der Waals surface area contributed by atoms with Crippen LogP contribution in [0.15, 0.2) is 59.3 Å². The van der Waals surface area contributed by atoms with Crippen molar-refractivity contribution >= 4 is 50.6 Å². The second-order valence-electron chi connectivity index (χ2n) is 5.32. The molecule has 3 N–H and O–H groups in total. The topological polar surface area (TPSA) is 130 Å². The largest absolute Gasteiger partial charge is 0.478 e. The number of hydrogen-bond donors (Lipinski definition) is 3. The zero-order chi connectivity index (χ0) is 19.4. The summed E-state index contributed by atoms with van der Waals surface area (Å²) in [5, 5.41) is 26.2. The van der Waals surface area contributed by atoms with E-state index >= 15 is 0 Å². The molecule has 0 aliphatic heterocycles. The van der Waals surface area contributed by atoms with Crippen LogP contribution in [0.2, 0.25) is 0 Å². The Labute approximate surface area is 161 Å². The predicted octanol–water partition coefficient (Wildman–Crippen LogP) is 4.33. The number of carbonyl (C=O) groups is 1. The van der Waals surface area contributed by atoms with Crippen molar-refractivity contribution in [3.05, 3.63) is 75.0 Å². The van der Waals surface area contributed by atoms with Gasteiger partial charge in [0, 0.05) is 15.8 Å². The van der Waals surface area contributed by atoms with Crippen molar-refractivity contribution < 1.29 is 14.8 Å². The number of carboxylic acid groups (broad SMARTS) is 1. The summed E-state index contributed by atoms with van der Waals surface area (Å²) in [5.41, 5.74) is 0.853. The van der Waals surface area contributed by atoms with Crippen molar-refractivity contribution in [3.63, 3.8) is 0 Å². The van der Waals surface area contributed by atoms with Gasteiger partial charge in [0.1, 0.15) is 6.33 Å². The molecule has 27 heavy (non-hydrogen) atoms. The zero-order valence-electron chi connectivity index (χ0n) is 13.6. The number of aromatic carboxylic acids is 1. The third-order valence-electron chi connectivity index (χ3n) is 3.51. The molecule has 10 heteroatoms. The summed E-state index contributed by atoms with van der Waals surface area (Å²) in [6.45, 7) is 0. The van der Waals surface area contributed by atoms with Crippen molar-refractivity contribution in [1.29, 1.82) is 0 Å². The molecule has 0 atom stereocenters. The number of anilines is 4. The maximum atomic E-state index is 11.6. The van der Waals surface area contributed by atoms with E-state index in [-0.39, 0.29) is 22.9 Å². The Morgan fingerprint density at radius 1 is 0.963 bits per heavy atom. The Kier molecular flexibility index (Phi) is 5.27. The smallest absolute Gasteiger partial charge is 0.353 e. The van der Waals surface area contributed by atoms with E-state index in [1.165, 1.54) is 30.6 Å². The minimum absolute atomic E-state index is 0.0160. The first kappa shape index (κ1) is 18.3. The van der Waals surface area contributed by atoms with Gasteiger partial charge >= 0.3 is 11.7 Å². The van der Waals surface area contributed by atoms with Gasteiger partial charge in [-0.1, -0.05) is 15.9 Å². The van der Waals surface area contributed by atoms with E-state index in [1.54, 1.807) is 24.3 Å². The molecule has 3 aromatic rings. The molecular formula is C17H12BrN5O4. The standard InChI is InChI=1S/C17H12BrN5O4/c18-11-3-7-13(8-4-11)22-16-14(23(26)27)15(19-9-20-16)21-12-5-1-10(2-6-12)17(24)25/h1-9H,(H,24,25)(H2,19,20,21,22). The predicted molar refractivity (Wildman–Crippen MR) is 103 cm³/mol. The molecule has 0 unspecified atom stereocenters. The van der Waals surface area contributed by atoms with Crippen LogP contribution in [0.25, 0.3) is 0 Å². The third-order valence-corrected chi connectivity index (χ3v) is 4.04. The molecule has 0 saturated heterocycles. The van der Waals surface area contributed by atoms with Gasteiger partial charge in [-0.2, -0.15) is 0 Å². The van der Waals surface area contributed by atoms with Crippen LogP contribution in [0.5, 0.6) is 0 Å². The Balaban J connectivity index is 1.92. The van der Waals surface area contributed by atoms with Gasteiger partial charge in [-0.05, 0) is 48.5 Å².